The number of pyridine rings is 1. The van der Waals surface area contributed by atoms with E-state index in [2.05, 4.69) is 15.2 Å². The summed E-state index contributed by atoms with van der Waals surface area (Å²) in [5, 5.41) is 7.29. The normalized spacial score (nSPS) is 23.5. The highest BCUT2D eigenvalue weighted by Gasteiger charge is 2.34. The minimum Gasteiger partial charge on any atom is -0.353 e. The number of hydrogen-bond acceptors (Lipinski definition) is 7. The molecule has 2 aliphatic rings. The van der Waals surface area contributed by atoms with Gasteiger partial charge in [-0.05, 0) is 25.2 Å². The highest BCUT2D eigenvalue weighted by molar-refractivity contribution is 7.98. The summed E-state index contributed by atoms with van der Waals surface area (Å²) in [7, 11) is 0. The summed E-state index contributed by atoms with van der Waals surface area (Å²) in [6, 6.07) is 3.17. The molecule has 8 heteroatoms. The lowest BCUT2D eigenvalue weighted by Gasteiger charge is -2.34. The molecule has 5 heterocycles. The van der Waals surface area contributed by atoms with E-state index in [0.29, 0.717) is 17.2 Å². The zero-order valence-electron chi connectivity index (χ0n) is 13.1. The predicted molar refractivity (Wildman–Crippen MR) is 102 cm³/mol. The van der Waals surface area contributed by atoms with Gasteiger partial charge in [0, 0.05) is 36.8 Å². The summed E-state index contributed by atoms with van der Waals surface area (Å²) in [4.78, 5) is 17.3. The molecule has 2 saturated heterocycles. The van der Waals surface area contributed by atoms with Crippen LogP contribution in [0.5, 0.6) is 0 Å². The lowest BCUT2D eigenvalue weighted by Crippen LogP contribution is -2.51. The molecule has 0 aromatic carbocycles. The van der Waals surface area contributed by atoms with Crippen LogP contribution in [0.15, 0.2) is 17.4 Å². The maximum absolute atomic E-state index is 6.32. The molecule has 2 bridgehead atoms. The molecule has 2 unspecified atom stereocenters. The van der Waals surface area contributed by atoms with Gasteiger partial charge in [-0.2, -0.15) is 0 Å². The van der Waals surface area contributed by atoms with Crippen molar-refractivity contribution in [3.8, 4) is 0 Å². The van der Waals surface area contributed by atoms with E-state index in [4.69, 9.17) is 21.6 Å². The fraction of sp³-hybridized carbons (Fsp3) is 0.438. The molecule has 2 atom stereocenters. The number of piperazine rings is 1. The number of hydrogen-bond donors (Lipinski definition) is 1. The van der Waals surface area contributed by atoms with Crippen molar-refractivity contribution >= 4 is 60.8 Å². The van der Waals surface area contributed by atoms with E-state index in [1.807, 2.05) is 12.3 Å². The number of nitrogens with one attached hydrogen (secondary N) is 1. The standard InChI is InChI=1S/C16H16ClN5S2/c1-23-16-20-14(22-6-8-2-3-9(7-22)19-8)11-10-4-5-18-13(17)12(10)24-15(11)21-16/h4-5,8-9,19H,2-3,6-7H2,1H3. The number of thiophene rings is 1. The van der Waals surface area contributed by atoms with Gasteiger partial charge in [0.1, 0.15) is 15.8 Å². The topological polar surface area (TPSA) is 53.9 Å². The Hall–Kier alpha value is -1.15. The van der Waals surface area contributed by atoms with Crippen LogP contribution in [0, 0.1) is 0 Å². The summed E-state index contributed by atoms with van der Waals surface area (Å²) < 4.78 is 1.00. The number of halogens is 1. The molecule has 0 spiro atoms. The zero-order valence-corrected chi connectivity index (χ0v) is 15.5. The number of rotatable bonds is 2. The van der Waals surface area contributed by atoms with Crippen LogP contribution in [-0.2, 0) is 0 Å². The highest BCUT2D eigenvalue weighted by Crippen LogP contribution is 2.41. The molecular weight excluding hydrogens is 362 g/mol. The van der Waals surface area contributed by atoms with Crippen LogP contribution in [0.2, 0.25) is 5.15 Å². The van der Waals surface area contributed by atoms with Gasteiger partial charge in [0.2, 0.25) is 0 Å². The van der Waals surface area contributed by atoms with Crippen molar-refractivity contribution in [2.75, 3.05) is 24.2 Å². The lowest BCUT2D eigenvalue weighted by molar-refractivity contribution is 0.463. The Morgan fingerprint density at radius 2 is 2.08 bits per heavy atom. The van der Waals surface area contributed by atoms with Crippen LogP contribution in [0.3, 0.4) is 0 Å². The van der Waals surface area contributed by atoms with Gasteiger partial charge in [0.15, 0.2) is 5.16 Å². The molecule has 124 valence electrons. The lowest BCUT2D eigenvalue weighted by atomic mass is 10.2. The van der Waals surface area contributed by atoms with Gasteiger partial charge in [0.25, 0.3) is 0 Å². The van der Waals surface area contributed by atoms with Crippen molar-refractivity contribution in [1.82, 2.24) is 20.3 Å². The second-order valence-electron chi connectivity index (χ2n) is 6.34. The molecule has 0 amide bonds. The minimum atomic E-state index is 0.549. The predicted octanol–water partition coefficient (Wildman–Crippen LogP) is 3.56. The monoisotopic (exact) mass is 377 g/mol. The van der Waals surface area contributed by atoms with Crippen LogP contribution >= 0.6 is 34.7 Å². The van der Waals surface area contributed by atoms with Crippen LogP contribution in [-0.4, -0.2) is 46.4 Å². The first-order valence-corrected chi connectivity index (χ1v) is 10.4. The molecule has 0 aliphatic carbocycles. The summed E-state index contributed by atoms with van der Waals surface area (Å²) in [5.74, 6) is 1.05. The maximum Gasteiger partial charge on any atom is 0.190 e. The summed E-state index contributed by atoms with van der Waals surface area (Å²) in [6.45, 7) is 2.01. The summed E-state index contributed by atoms with van der Waals surface area (Å²) in [5.41, 5.74) is 0. The van der Waals surface area contributed by atoms with Crippen molar-refractivity contribution in [3.05, 3.63) is 17.4 Å². The van der Waals surface area contributed by atoms with E-state index in [0.717, 1.165) is 44.4 Å². The number of nitrogens with zero attached hydrogens (tertiary/aromatic N) is 4. The van der Waals surface area contributed by atoms with E-state index in [1.165, 1.54) is 12.8 Å². The Labute approximate surface area is 152 Å². The van der Waals surface area contributed by atoms with E-state index < -0.39 is 0 Å². The van der Waals surface area contributed by atoms with Crippen LogP contribution in [0.1, 0.15) is 12.8 Å². The van der Waals surface area contributed by atoms with E-state index in [9.17, 15) is 0 Å². The molecule has 3 aromatic heterocycles. The Kier molecular flexibility index (Phi) is 3.59. The Morgan fingerprint density at radius 1 is 1.29 bits per heavy atom. The zero-order chi connectivity index (χ0) is 16.3. The van der Waals surface area contributed by atoms with Gasteiger partial charge in [-0.25, -0.2) is 15.0 Å². The van der Waals surface area contributed by atoms with Gasteiger partial charge in [-0.1, -0.05) is 23.4 Å². The van der Waals surface area contributed by atoms with Crippen molar-refractivity contribution in [2.45, 2.75) is 30.1 Å². The van der Waals surface area contributed by atoms with Gasteiger partial charge in [-0.15, -0.1) is 11.3 Å². The molecule has 24 heavy (non-hydrogen) atoms. The molecule has 5 rings (SSSR count). The largest absolute Gasteiger partial charge is 0.353 e. The maximum atomic E-state index is 6.32. The first-order valence-electron chi connectivity index (χ1n) is 8.02. The Morgan fingerprint density at radius 3 is 2.83 bits per heavy atom. The molecule has 1 N–H and O–H groups in total. The van der Waals surface area contributed by atoms with E-state index in [-0.39, 0.29) is 0 Å². The van der Waals surface area contributed by atoms with Gasteiger partial charge in [-0.3, -0.25) is 0 Å². The Balaban J connectivity index is 1.76. The number of anilines is 1. The average molecular weight is 378 g/mol. The van der Waals surface area contributed by atoms with E-state index in [1.54, 1.807) is 29.3 Å². The highest BCUT2D eigenvalue weighted by atomic mass is 35.5. The molecule has 0 saturated carbocycles. The quantitative estimate of drug-likeness (QED) is 0.418. The van der Waals surface area contributed by atoms with Crippen molar-refractivity contribution in [3.63, 3.8) is 0 Å². The fourth-order valence-corrected chi connectivity index (χ4v) is 5.56. The van der Waals surface area contributed by atoms with Crippen LogP contribution < -0.4 is 10.2 Å². The minimum absolute atomic E-state index is 0.549. The first kappa shape index (κ1) is 15.1. The summed E-state index contributed by atoms with van der Waals surface area (Å²) in [6.07, 6.45) is 6.30. The first-order chi connectivity index (χ1) is 11.7. The van der Waals surface area contributed by atoms with Gasteiger partial charge < -0.3 is 10.2 Å². The third-order valence-corrected chi connectivity index (χ3v) is 6.92. The number of aromatic nitrogens is 3. The third kappa shape index (κ3) is 2.29. The average Bonchev–Trinajstić information content (AvgIpc) is 3.14. The number of fused-ring (bicyclic) bond motifs is 5. The molecule has 5 nitrogen and oxygen atoms in total. The van der Waals surface area contributed by atoms with Gasteiger partial charge in [0.05, 0.1) is 10.1 Å². The van der Waals surface area contributed by atoms with Crippen LogP contribution in [0.25, 0.3) is 20.3 Å². The fourth-order valence-electron chi connectivity index (χ4n) is 3.82. The second-order valence-corrected chi connectivity index (χ2v) is 8.47. The van der Waals surface area contributed by atoms with Crippen LogP contribution in [0.4, 0.5) is 5.82 Å². The SMILES string of the molecule is CSc1nc(N2CC3CCC(C2)N3)c2c(n1)sc1c(Cl)nccc12. The molecule has 2 aliphatic heterocycles. The molecule has 2 fully saturated rings. The Bertz CT molecular complexity index is 931. The van der Waals surface area contributed by atoms with Gasteiger partial charge >= 0.3 is 0 Å². The smallest absolute Gasteiger partial charge is 0.190 e. The molecule has 0 radical (unpaired) electrons. The van der Waals surface area contributed by atoms with Crippen molar-refractivity contribution in [2.24, 2.45) is 0 Å². The summed E-state index contributed by atoms with van der Waals surface area (Å²) >= 11 is 9.52. The third-order valence-electron chi connectivity index (χ3n) is 4.86. The second kappa shape index (κ2) is 5.69. The van der Waals surface area contributed by atoms with Crippen molar-refractivity contribution in [1.29, 1.82) is 0 Å². The molecular formula is C16H16ClN5S2. The molecule has 3 aromatic rings. The van der Waals surface area contributed by atoms with Crippen molar-refractivity contribution < 1.29 is 0 Å². The number of thioether (sulfide) groups is 1. The van der Waals surface area contributed by atoms with E-state index >= 15 is 0 Å².